The number of fused-ring (bicyclic) bond motifs is 1. The van der Waals surface area contributed by atoms with Crippen LogP contribution in [0.1, 0.15) is 18.5 Å². The van der Waals surface area contributed by atoms with Crippen molar-refractivity contribution < 1.29 is 22.6 Å². The minimum absolute atomic E-state index is 0.0265. The molecule has 1 aliphatic heterocycles. The summed E-state index contributed by atoms with van der Waals surface area (Å²) in [4.78, 5) is 25.7. The average Bonchev–Trinajstić information content (AvgIpc) is 2.97. The number of anilines is 1. The molecule has 0 fully saturated rings. The summed E-state index contributed by atoms with van der Waals surface area (Å²) in [5, 5.41) is 2.87. The van der Waals surface area contributed by atoms with Crippen LogP contribution in [0, 0.1) is 0 Å². The van der Waals surface area contributed by atoms with Crippen molar-refractivity contribution in [1.29, 1.82) is 0 Å². The Labute approximate surface area is 139 Å². The number of hydrogen-bond acceptors (Lipinski definition) is 5. The molecule has 2 heterocycles. The smallest absolute Gasteiger partial charge is 0.406 e. The van der Waals surface area contributed by atoms with Gasteiger partial charge in [-0.15, -0.1) is 0 Å². The normalized spacial score (nSPS) is 14.4. The summed E-state index contributed by atoms with van der Waals surface area (Å²) in [6, 6.07) is 5.80. The fraction of sp³-hybridized carbons (Fsp3) is 0.333. The number of ether oxygens (including phenoxy) is 2. The molecule has 7 nitrogen and oxygen atoms in total. The van der Waals surface area contributed by atoms with Crippen LogP contribution in [-0.4, -0.2) is 22.5 Å². The average molecular weight is 357 g/mol. The second kappa shape index (κ2) is 6.19. The molecule has 0 unspecified atom stereocenters. The molecule has 2 aromatic rings. The third kappa shape index (κ3) is 3.78. The monoisotopic (exact) mass is 357 g/mol. The van der Waals surface area contributed by atoms with Gasteiger partial charge in [-0.05, 0) is 24.6 Å². The molecule has 0 saturated heterocycles. The van der Waals surface area contributed by atoms with Crippen molar-refractivity contribution >= 4 is 5.82 Å². The first-order chi connectivity index (χ1) is 11.7. The molecule has 2 N–H and O–H groups in total. The molecule has 25 heavy (non-hydrogen) atoms. The van der Waals surface area contributed by atoms with E-state index in [0.717, 1.165) is 11.6 Å². The van der Waals surface area contributed by atoms with Crippen molar-refractivity contribution in [3.8, 4) is 11.5 Å². The van der Waals surface area contributed by atoms with Crippen LogP contribution in [0.3, 0.4) is 0 Å². The predicted octanol–water partition coefficient (Wildman–Crippen LogP) is 2.00. The Morgan fingerprint density at radius 1 is 1.24 bits per heavy atom. The number of halogens is 3. The Bertz CT molecular complexity index is 873. The van der Waals surface area contributed by atoms with E-state index in [1.807, 2.05) is 0 Å². The van der Waals surface area contributed by atoms with E-state index >= 15 is 0 Å². The van der Waals surface area contributed by atoms with Gasteiger partial charge in [-0.25, -0.2) is 4.79 Å². The van der Waals surface area contributed by atoms with Gasteiger partial charge in [-0.3, -0.25) is 14.3 Å². The van der Waals surface area contributed by atoms with Gasteiger partial charge in [0.1, 0.15) is 12.4 Å². The number of benzene rings is 1. The van der Waals surface area contributed by atoms with Crippen molar-refractivity contribution in [2.24, 2.45) is 0 Å². The SMILES string of the molecule is C[C@H](Nc1cc(=O)n(CC(F)(F)F)c(=O)[nH]1)c1ccc2c(c1)OCO2. The Balaban J connectivity index is 1.81. The first-order valence-electron chi connectivity index (χ1n) is 7.30. The lowest BCUT2D eigenvalue weighted by molar-refractivity contribution is -0.141. The number of aromatic amines is 1. The van der Waals surface area contributed by atoms with Gasteiger partial charge in [0, 0.05) is 6.07 Å². The summed E-state index contributed by atoms with van der Waals surface area (Å²) >= 11 is 0. The van der Waals surface area contributed by atoms with Gasteiger partial charge < -0.3 is 14.8 Å². The standard InChI is InChI=1S/C15H14F3N3O4/c1-8(9-2-3-10-11(4-9)25-7-24-10)19-12-5-13(22)21(14(23)20-12)6-15(16,17)18/h2-5,8,19H,6-7H2,1H3,(H,20,23)/t8-/m0/s1. The van der Waals surface area contributed by atoms with Crippen molar-refractivity contribution in [3.63, 3.8) is 0 Å². The van der Waals surface area contributed by atoms with Crippen LogP contribution in [0.5, 0.6) is 11.5 Å². The molecule has 10 heteroatoms. The molecule has 0 saturated carbocycles. The Kier molecular flexibility index (Phi) is 4.19. The quantitative estimate of drug-likeness (QED) is 0.874. The second-order valence-electron chi connectivity index (χ2n) is 5.51. The number of alkyl halides is 3. The molecular weight excluding hydrogens is 343 g/mol. The van der Waals surface area contributed by atoms with Gasteiger partial charge in [0.05, 0.1) is 6.04 Å². The van der Waals surface area contributed by atoms with Gasteiger partial charge in [0.25, 0.3) is 5.56 Å². The first-order valence-corrected chi connectivity index (χ1v) is 7.30. The minimum atomic E-state index is -4.66. The molecule has 1 aromatic heterocycles. The fourth-order valence-corrected chi connectivity index (χ4v) is 2.43. The highest BCUT2D eigenvalue weighted by Crippen LogP contribution is 2.34. The highest BCUT2D eigenvalue weighted by Gasteiger charge is 2.29. The maximum atomic E-state index is 12.4. The Morgan fingerprint density at radius 3 is 2.64 bits per heavy atom. The molecular formula is C15H14F3N3O4. The summed E-state index contributed by atoms with van der Waals surface area (Å²) in [5.74, 6) is 1.21. The van der Waals surface area contributed by atoms with Crippen molar-refractivity contribution in [2.45, 2.75) is 25.7 Å². The lowest BCUT2D eigenvalue weighted by atomic mass is 10.1. The number of rotatable bonds is 4. The van der Waals surface area contributed by atoms with Crippen LogP contribution >= 0.6 is 0 Å². The van der Waals surface area contributed by atoms with E-state index in [1.165, 1.54) is 0 Å². The van der Waals surface area contributed by atoms with E-state index in [9.17, 15) is 22.8 Å². The lowest BCUT2D eigenvalue weighted by Crippen LogP contribution is -2.39. The Morgan fingerprint density at radius 2 is 1.96 bits per heavy atom. The maximum Gasteiger partial charge on any atom is 0.406 e. The molecule has 0 spiro atoms. The lowest BCUT2D eigenvalue weighted by Gasteiger charge is -2.16. The predicted molar refractivity (Wildman–Crippen MR) is 82.0 cm³/mol. The summed E-state index contributed by atoms with van der Waals surface area (Å²) in [6.45, 7) is 0.252. The number of hydrogen-bond donors (Lipinski definition) is 2. The second-order valence-corrected chi connectivity index (χ2v) is 5.51. The molecule has 1 atom stereocenters. The minimum Gasteiger partial charge on any atom is -0.454 e. The number of H-pyrrole nitrogens is 1. The van der Waals surface area contributed by atoms with Gasteiger partial charge >= 0.3 is 11.9 Å². The van der Waals surface area contributed by atoms with E-state index in [1.54, 1.807) is 25.1 Å². The maximum absolute atomic E-state index is 12.4. The largest absolute Gasteiger partial charge is 0.454 e. The molecule has 0 amide bonds. The van der Waals surface area contributed by atoms with Gasteiger partial charge in [-0.1, -0.05) is 6.07 Å². The van der Waals surface area contributed by atoms with Gasteiger partial charge in [0.15, 0.2) is 11.5 Å². The fourth-order valence-electron chi connectivity index (χ4n) is 2.43. The molecule has 0 aliphatic carbocycles. The summed E-state index contributed by atoms with van der Waals surface area (Å²) in [5.41, 5.74) is -1.39. The van der Waals surface area contributed by atoms with E-state index in [-0.39, 0.29) is 23.2 Å². The third-order valence-electron chi connectivity index (χ3n) is 3.63. The summed E-state index contributed by atoms with van der Waals surface area (Å²) in [7, 11) is 0. The van der Waals surface area contributed by atoms with Crippen molar-refractivity contribution in [3.05, 3.63) is 50.7 Å². The zero-order valence-corrected chi connectivity index (χ0v) is 13.0. The molecule has 0 radical (unpaired) electrons. The van der Waals surface area contributed by atoms with Crippen LogP contribution in [0.15, 0.2) is 33.9 Å². The van der Waals surface area contributed by atoms with E-state index in [0.29, 0.717) is 11.5 Å². The first kappa shape index (κ1) is 16.9. The molecule has 3 rings (SSSR count). The van der Waals surface area contributed by atoms with Crippen LogP contribution in [0.2, 0.25) is 0 Å². The van der Waals surface area contributed by atoms with Crippen LogP contribution in [-0.2, 0) is 6.54 Å². The molecule has 134 valence electrons. The molecule has 1 aliphatic rings. The van der Waals surface area contributed by atoms with Crippen LogP contribution in [0.4, 0.5) is 19.0 Å². The van der Waals surface area contributed by atoms with Crippen LogP contribution < -0.4 is 26.0 Å². The van der Waals surface area contributed by atoms with Crippen molar-refractivity contribution in [2.75, 3.05) is 12.1 Å². The van der Waals surface area contributed by atoms with E-state index in [2.05, 4.69) is 10.3 Å². The summed E-state index contributed by atoms with van der Waals surface area (Å²) in [6.07, 6.45) is -4.66. The van der Waals surface area contributed by atoms with E-state index < -0.39 is 24.0 Å². The highest BCUT2D eigenvalue weighted by atomic mass is 19.4. The number of nitrogens with one attached hydrogen (secondary N) is 2. The van der Waals surface area contributed by atoms with Crippen LogP contribution in [0.25, 0.3) is 0 Å². The topological polar surface area (TPSA) is 85.4 Å². The van der Waals surface area contributed by atoms with Gasteiger partial charge in [-0.2, -0.15) is 13.2 Å². The van der Waals surface area contributed by atoms with E-state index in [4.69, 9.17) is 9.47 Å². The third-order valence-corrected chi connectivity index (χ3v) is 3.63. The highest BCUT2D eigenvalue weighted by molar-refractivity contribution is 5.47. The number of nitrogens with zero attached hydrogens (tertiary/aromatic N) is 1. The zero-order valence-electron chi connectivity index (χ0n) is 13.0. The zero-order chi connectivity index (χ0) is 18.2. The Hall–Kier alpha value is -2.91. The number of aromatic nitrogens is 2. The van der Waals surface area contributed by atoms with Gasteiger partial charge in [0.2, 0.25) is 6.79 Å². The molecule has 0 bridgehead atoms. The summed E-state index contributed by atoms with van der Waals surface area (Å²) < 4.78 is 47.8. The van der Waals surface area contributed by atoms with Crippen molar-refractivity contribution in [1.82, 2.24) is 9.55 Å². The molecule has 1 aromatic carbocycles.